The molecule has 1 saturated heterocycles. The average Bonchev–Trinajstić information content (AvgIpc) is 2.19. The van der Waals surface area contributed by atoms with E-state index in [4.69, 9.17) is 12.2 Å². The first-order valence-electron chi connectivity index (χ1n) is 3.61. The van der Waals surface area contributed by atoms with Gasteiger partial charge < -0.3 is 0 Å². The van der Waals surface area contributed by atoms with Crippen LogP contribution in [0.3, 0.4) is 0 Å². The molecule has 1 unspecified atom stereocenters. The molecule has 11 heavy (non-hydrogen) atoms. The van der Waals surface area contributed by atoms with Crippen LogP contribution in [0.2, 0.25) is 0 Å². The topological polar surface area (TPSA) is 32.1 Å². The number of thiocarbonyl (C=S) groups is 1. The Hall–Kier alpha value is -0.770. The quantitative estimate of drug-likeness (QED) is 0.478. The van der Waals surface area contributed by atoms with E-state index in [1.165, 1.54) is 4.58 Å². The normalized spacial score (nSPS) is 24.1. The number of carbonyl (C=O) groups is 1. The average molecular weight is 171 g/mol. The van der Waals surface area contributed by atoms with E-state index in [9.17, 15) is 4.79 Å². The van der Waals surface area contributed by atoms with E-state index >= 15 is 0 Å². The Balaban J connectivity index is 2.67. The van der Waals surface area contributed by atoms with Crippen molar-refractivity contribution in [2.45, 2.75) is 25.8 Å². The first-order chi connectivity index (χ1) is 5.16. The van der Waals surface area contributed by atoms with Crippen molar-refractivity contribution < 1.29 is 9.37 Å². The van der Waals surface area contributed by atoms with Crippen LogP contribution in [0, 0.1) is 0 Å². The van der Waals surface area contributed by atoms with Gasteiger partial charge in [0.25, 0.3) is 0 Å². The Kier molecular flexibility index (Phi) is 2.34. The van der Waals surface area contributed by atoms with Crippen molar-refractivity contribution in [1.82, 2.24) is 5.32 Å². The number of carbonyl (C=O) groups excluding carboxylic acids is 1. The van der Waals surface area contributed by atoms with Gasteiger partial charge in [-0.15, -0.1) is 0 Å². The highest BCUT2D eigenvalue weighted by molar-refractivity contribution is 7.80. The number of hydrogen-bond donors (Lipinski definition) is 1. The molecule has 0 aromatic rings. The third-order valence-corrected chi connectivity index (χ3v) is 2.02. The van der Waals surface area contributed by atoms with Crippen LogP contribution >= 0.6 is 12.2 Å². The lowest BCUT2D eigenvalue weighted by Crippen LogP contribution is -2.28. The third kappa shape index (κ3) is 1.45. The lowest BCUT2D eigenvalue weighted by Gasteiger charge is -1.96. The maximum atomic E-state index is 11.2. The molecule has 0 saturated carbocycles. The zero-order valence-corrected chi connectivity index (χ0v) is 7.28. The van der Waals surface area contributed by atoms with Gasteiger partial charge in [-0.2, -0.15) is 4.58 Å². The molecule has 0 radical (unpaired) electrons. The summed E-state index contributed by atoms with van der Waals surface area (Å²) in [5.74, 6) is -0.0168. The van der Waals surface area contributed by atoms with Gasteiger partial charge in [-0.3, -0.25) is 0 Å². The monoisotopic (exact) mass is 171 g/mol. The van der Waals surface area contributed by atoms with Crippen molar-refractivity contribution in [3.05, 3.63) is 0 Å². The van der Waals surface area contributed by atoms with E-state index in [0.29, 0.717) is 5.11 Å². The second-order valence-corrected chi connectivity index (χ2v) is 2.94. The molecular formula is C7H11N2OS+. The van der Waals surface area contributed by atoms with Crippen molar-refractivity contribution in [2.24, 2.45) is 0 Å². The van der Waals surface area contributed by atoms with E-state index < -0.39 is 0 Å². The van der Waals surface area contributed by atoms with Crippen LogP contribution in [-0.2, 0) is 4.79 Å². The van der Waals surface area contributed by atoms with Gasteiger partial charge in [0.05, 0.1) is 6.72 Å². The summed E-state index contributed by atoms with van der Waals surface area (Å²) >= 11 is 4.84. The minimum Gasteiger partial charge on any atom is -0.250 e. The van der Waals surface area contributed by atoms with Gasteiger partial charge >= 0.3 is 11.0 Å². The number of hydrogen-bond acceptors (Lipinski definition) is 2. The summed E-state index contributed by atoms with van der Waals surface area (Å²) in [7, 11) is 0. The smallest absolute Gasteiger partial charge is 0.250 e. The molecule has 0 bridgehead atoms. The highest BCUT2D eigenvalue weighted by Crippen LogP contribution is 2.05. The van der Waals surface area contributed by atoms with E-state index in [1.54, 1.807) is 0 Å². The number of nitrogens with zero attached hydrogens (tertiary/aromatic N) is 1. The standard InChI is InChI=1S/C7H10N2OS/c1-3-4-5-6(10)9(2)7(11)8-5/h5H,2-4H2,1H3/p+1. The highest BCUT2D eigenvalue weighted by Gasteiger charge is 2.38. The fourth-order valence-corrected chi connectivity index (χ4v) is 1.29. The molecule has 0 aromatic heterocycles. The van der Waals surface area contributed by atoms with Crippen LogP contribution in [0.1, 0.15) is 19.8 Å². The van der Waals surface area contributed by atoms with Crippen LogP contribution < -0.4 is 5.32 Å². The van der Waals surface area contributed by atoms with Crippen LogP contribution in [0.15, 0.2) is 0 Å². The predicted molar refractivity (Wildman–Crippen MR) is 46.8 cm³/mol. The van der Waals surface area contributed by atoms with E-state index in [1.807, 2.05) is 6.92 Å². The summed E-state index contributed by atoms with van der Waals surface area (Å²) in [6, 6.07) is -0.134. The predicted octanol–water partition coefficient (Wildman–Crippen LogP) is 0.283. The van der Waals surface area contributed by atoms with E-state index in [2.05, 4.69) is 12.0 Å². The molecule has 1 aliphatic rings. The van der Waals surface area contributed by atoms with Gasteiger partial charge in [0.15, 0.2) is 6.04 Å². The van der Waals surface area contributed by atoms with Gasteiger partial charge in [-0.25, -0.2) is 10.1 Å². The lowest BCUT2D eigenvalue weighted by molar-refractivity contribution is -0.320. The Bertz CT molecular complexity index is 224. The van der Waals surface area contributed by atoms with Crippen LogP contribution in [0.25, 0.3) is 0 Å². The first kappa shape index (κ1) is 8.33. The molecule has 4 heteroatoms. The second kappa shape index (κ2) is 3.09. The molecule has 1 aliphatic heterocycles. The molecule has 60 valence electrons. The molecule has 1 amide bonds. The molecule has 1 rings (SSSR count). The van der Waals surface area contributed by atoms with Crippen molar-refractivity contribution in [3.8, 4) is 0 Å². The zero-order chi connectivity index (χ0) is 8.43. The molecule has 1 atom stereocenters. The van der Waals surface area contributed by atoms with Crippen molar-refractivity contribution >= 4 is 30.0 Å². The number of rotatable bonds is 2. The number of nitrogens with one attached hydrogen (secondary N) is 1. The van der Waals surface area contributed by atoms with Gasteiger partial charge in [-0.05, 0) is 6.42 Å². The van der Waals surface area contributed by atoms with Gasteiger partial charge in [-0.1, -0.05) is 13.3 Å². The lowest BCUT2D eigenvalue weighted by atomic mass is 10.2. The van der Waals surface area contributed by atoms with Gasteiger partial charge in [0.2, 0.25) is 0 Å². The summed E-state index contributed by atoms with van der Waals surface area (Å²) in [5.41, 5.74) is 0. The van der Waals surface area contributed by atoms with Gasteiger partial charge in [0, 0.05) is 12.2 Å². The SMILES string of the molecule is C=[N+]1C(=O)C(CCC)NC1=S. The minimum absolute atomic E-state index is 0.0168. The minimum atomic E-state index is -0.134. The maximum absolute atomic E-state index is 11.2. The molecule has 1 N–H and O–H groups in total. The van der Waals surface area contributed by atoms with Crippen molar-refractivity contribution in [1.29, 1.82) is 0 Å². The molecule has 0 spiro atoms. The summed E-state index contributed by atoms with van der Waals surface area (Å²) in [5, 5.41) is 3.34. The molecule has 0 aliphatic carbocycles. The first-order valence-corrected chi connectivity index (χ1v) is 4.02. The largest absolute Gasteiger partial charge is 0.359 e. The molecule has 3 nitrogen and oxygen atoms in total. The summed E-state index contributed by atoms with van der Waals surface area (Å²) < 4.78 is 1.25. The molecular weight excluding hydrogens is 160 g/mol. The summed E-state index contributed by atoms with van der Waals surface area (Å²) in [4.78, 5) is 11.2. The van der Waals surface area contributed by atoms with Crippen molar-refractivity contribution in [3.63, 3.8) is 0 Å². The fraction of sp³-hybridized carbons (Fsp3) is 0.571. The summed E-state index contributed by atoms with van der Waals surface area (Å²) in [6.07, 6.45) is 1.80. The third-order valence-electron chi connectivity index (χ3n) is 1.68. The van der Waals surface area contributed by atoms with E-state index in [-0.39, 0.29) is 11.9 Å². The maximum Gasteiger partial charge on any atom is 0.359 e. The van der Waals surface area contributed by atoms with Crippen LogP contribution in [-0.4, -0.2) is 28.4 Å². The highest BCUT2D eigenvalue weighted by atomic mass is 32.1. The Labute approximate surface area is 71.1 Å². The Morgan fingerprint density at radius 1 is 1.82 bits per heavy atom. The number of amides is 1. The van der Waals surface area contributed by atoms with Crippen molar-refractivity contribution in [2.75, 3.05) is 0 Å². The summed E-state index contributed by atoms with van der Waals surface area (Å²) in [6.45, 7) is 5.54. The van der Waals surface area contributed by atoms with Gasteiger partial charge in [0.1, 0.15) is 0 Å². The van der Waals surface area contributed by atoms with Crippen LogP contribution in [0.5, 0.6) is 0 Å². The Morgan fingerprint density at radius 3 is 2.82 bits per heavy atom. The Morgan fingerprint density at radius 2 is 2.45 bits per heavy atom. The fourth-order valence-electron chi connectivity index (χ4n) is 1.06. The zero-order valence-electron chi connectivity index (χ0n) is 6.46. The molecule has 1 heterocycles. The second-order valence-electron chi connectivity index (χ2n) is 2.56. The van der Waals surface area contributed by atoms with Crippen LogP contribution in [0.4, 0.5) is 0 Å². The van der Waals surface area contributed by atoms with E-state index in [0.717, 1.165) is 12.8 Å². The molecule has 1 fully saturated rings. The molecule has 0 aromatic carbocycles.